The monoisotopic (exact) mass is 223 g/mol. The van der Waals surface area contributed by atoms with Crippen molar-refractivity contribution >= 4 is 13.9 Å². The molecular formula is C10H10NO3P. The average Bonchev–Trinajstić information content (AvgIpc) is 2.25. The van der Waals surface area contributed by atoms with Crippen molar-refractivity contribution in [3.8, 4) is 5.75 Å². The number of benzene rings is 1. The maximum absolute atomic E-state index is 10.8. The Morgan fingerprint density at radius 3 is 2.67 bits per heavy atom. The van der Waals surface area contributed by atoms with Crippen LogP contribution in [0.15, 0.2) is 30.3 Å². The van der Waals surface area contributed by atoms with Crippen LogP contribution < -0.4 is 5.32 Å². The van der Waals surface area contributed by atoms with Gasteiger partial charge in [0.05, 0.1) is 0 Å². The molecule has 0 fully saturated rings. The van der Waals surface area contributed by atoms with E-state index in [1.54, 1.807) is 0 Å². The Labute approximate surface area is 88.4 Å². The zero-order valence-corrected chi connectivity index (χ0v) is 8.78. The first-order chi connectivity index (χ1) is 7.24. The number of carboxylic acid groups (broad SMARTS) is 1. The number of hydrogen-bond donors (Lipinski definition) is 2. The molecule has 1 aromatic rings. The summed E-state index contributed by atoms with van der Waals surface area (Å²) in [4.78, 5) is 10.8. The van der Waals surface area contributed by atoms with Gasteiger partial charge in [-0.15, -0.1) is 0 Å². The van der Waals surface area contributed by atoms with E-state index >= 15 is 0 Å². The molecule has 1 unspecified atom stereocenters. The third-order valence-electron chi connectivity index (χ3n) is 1.87. The van der Waals surface area contributed by atoms with Crippen molar-refractivity contribution in [2.24, 2.45) is 0 Å². The number of hydrogen-bond acceptors (Lipinski definition) is 3. The fourth-order valence-corrected chi connectivity index (χ4v) is 1.36. The summed E-state index contributed by atoms with van der Waals surface area (Å²) >= 11 is 0. The van der Waals surface area contributed by atoms with Crippen LogP contribution in [0.2, 0.25) is 0 Å². The Hall–Kier alpha value is -1.34. The van der Waals surface area contributed by atoms with E-state index in [1.807, 2.05) is 30.3 Å². The average molecular weight is 223 g/mol. The van der Waals surface area contributed by atoms with Crippen LogP contribution in [0.1, 0.15) is 5.56 Å². The van der Waals surface area contributed by atoms with E-state index in [-0.39, 0.29) is 7.92 Å². The Bertz CT molecular complexity index is 426. The zero-order chi connectivity index (χ0) is 11.1. The summed E-state index contributed by atoms with van der Waals surface area (Å²) in [6.07, 6.45) is 0.332. The molecule has 15 heavy (non-hydrogen) atoms. The van der Waals surface area contributed by atoms with Crippen molar-refractivity contribution in [1.29, 1.82) is 0 Å². The first-order valence-electron chi connectivity index (χ1n) is 4.33. The van der Waals surface area contributed by atoms with Crippen LogP contribution in [-0.4, -0.2) is 17.1 Å². The van der Waals surface area contributed by atoms with E-state index in [2.05, 4.69) is 11.1 Å². The van der Waals surface area contributed by atoms with Gasteiger partial charge in [0.15, 0.2) is 0 Å². The summed E-state index contributed by atoms with van der Waals surface area (Å²) < 4.78 is 10.1. The first-order valence-corrected chi connectivity index (χ1v) is 5.15. The minimum absolute atomic E-state index is 0.332. The van der Waals surface area contributed by atoms with Crippen LogP contribution in [0.5, 0.6) is 0 Å². The molecule has 0 spiro atoms. The predicted molar refractivity (Wildman–Crippen MR) is 56.2 cm³/mol. The van der Waals surface area contributed by atoms with Crippen molar-refractivity contribution in [2.45, 2.75) is 12.5 Å². The van der Waals surface area contributed by atoms with Gasteiger partial charge >= 0.3 is 87.8 Å². The molecule has 1 atom stereocenters. The van der Waals surface area contributed by atoms with E-state index in [0.717, 1.165) is 5.56 Å². The Morgan fingerprint density at radius 2 is 2.13 bits per heavy atom. The predicted octanol–water partition coefficient (Wildman–Crippen LogP) is 1.48. The molecule has 0 aromatic heterocycles. The first kappa shape index (κ1) is 11.7. The van der Waals surface area contributed by atoms with E-state index in [1.165, 1.54) is 0 Å². The molecule has 1 aromatic carbocycles. The topological polar surface area (TPSA) is 66.4 Å². The summed E-state index contributed by atoms with van der Waals surface area (Å²) in [6.45, 7) is 0. The van der Waals surface area contributed by atoms with Gasteiger partial charge < -0.3 is 0 Å². The molecule has 0 aliphatic rings. The van der Waals surface area contributed by atoms with Crippen LogP contribution >= 0.6 is 7.92 Å². The van der Waals surface area contributed by atoms with E-state index < -0.39 is 12.0 Å². The van der Waals surface area contributed by atoms with Gasteiger partial charge in [0.1, 0.15) is 0 Å². The molecule has 1 rings (SSSR count). The summed E-state index contributed by atoms with van der Waals surface area (Å²) in [5, 5.41) is 11.3. The second kappa shape index (κ2) is 6.20. The van der Waals surface area contributed by atoms with E-state index in [0.29, 0.717) is 6.42 Å². The standard InChI is InChI=1S/C10H10NO3P/c12-10(13)9(11-7-15-14)6-8-4-2-1-3-5-8/h1-5,9,11H,6H2,(H,12,13). The van der Waals surface area contributed by atoms with Gasteiger partial charge in [0, 0.05) is 0 Å². The molecule has 2 N–H and O–H groups in total. The van der Waals surface area contributed by atoms with E-state index in [9.17, 15) is 9.36 Å². The number of carbonyl (C=O) groups is 1. The van der Waals surface area contributed by atoms with Crippen LogP contribution in [0.25, 0.3) is 0 Å². The Morgan fingerprint density at radius 1 is 1.47 bits per heavy atom. The number of rotatable bonds is 4. The number of nitrogens with one attached hydrogen (secondary N) is 1. The third kappa shape index (κ3) is 4.13. The molecule has 0 bridgehead atoms. The maximum atomic E-state index is 10.8. The Balaban J connectivity index is 2.69. The van der Waals surface area contributed by atoms with Gasteiger partial charge in [-0.25, -0.2) is 0 Å². The third-order valence-corrected chi connectivity index (χ3v) is 2.09. The summed E-state index contributed by atoms with van der Waals surface area (Å²) in [6, 6.07) is 8.43. The molecule has 0 aliphatic carbocycles. The molecule has 5 heteroatoms. The minimum atomic E-state index is -0.991. The normalized spacial score (nSPS) is 11.5. The molecule has 4 nitrogen and oxygen atoms in total. The van der Waals surface area contributed by atoms with Crippen LogP contribution in [0, 0.1) is 5.75 Å². The van der Waals surface area contributed by atoms with E-state index in [4.69, 9.17) is 5.11 Å². The molecular weight excluding hydrogens is 213 g/mol. The molecule has 0 heterocycles. The van der Waals surface area contributed by atoms with Crippen LogP contribution in [0.4, 0.5) is 0 Å². The molecule has 0 radical (unpaired) electrons. The molecule has 0 saturated heterocycles. The molecule has 0 saturated carbocycles. The Kier molecular flexibility index (Phi) is 4.85. The van der Waals surface area contributed by atoms with Crippen molar-refractivity contribution in [3.05, 3.63) is 35.9 Å². The van der Waals surface area contributed by atoms with Crippen molar-refractivity contribution in [3.63, 3.8) is 0 Å². The molecule has 0 amide bonds. The molecule has 0 aliphatic heterocycles. The van der Waals surface area contributed by atoms with Crippen molar-refractivity contribution in [1.82, 2.24) is 5.32 Å². The quantitative estimate of drug-likeness (QED) is 0.599. The van der Waals surface area contributed by atoms with Gasteiger partial charge in [-0.2, -0.15) is 0 Å². The van der Waals surface area contributed by atoms with Gasteiger partial charge in [-0.1, -0.05) is 0 Å². The van der Waals surface area contributed by atoms with Gasteiger partial charge in [-0.05, 0) is 0 Å². The SMILES string of the molecule is O=P#CNC(Cc1ccccc1)C(=O)O. The summed E-state index contributed by atoms with van der Waals surface area (Å²) in [5.74, 6) is 1.25. The van der Waals surface area contributed by atoms with Gasteiger partial charge in [-0.3, -0.25) is 0 Å². The van der Waals surface area contributed by atoms with Gasteiger partial charge in [0.25, 0.3) is 0 Å². The van der Waals surface area contributed by atoms with Crippen LogP contribution in [-0.2, 0) is 15.8 Å². The second-order valence-electron chi connectivity index (χ2n) is 2.93. The van der Waals surface area contributed by atoms with Crippen molar-refractivity contribution < 1.29 is 14.5 Å². The fraction of sp³-hybridized carbons (Fsp3) is 0.200. The van der Waals surface area contributed by atoms with Gasteiger partial charge in [0.2, 0.25) is 0 Å². The second-order valence-corrected chi connectivity index (χ2v) is 3.33. The summed E-state index contributed by atoms with van der Waals surface area (Å²) in [5.41, 5.74) is 0.904. The summed E-state index contributed by atoms with van der Waals surface area (Å²) in [7, 11) is -0.343. The fourth-order valence-electron chi connectivity index (χ4n) is 1.15. The zero-order valence-electron chi connectivity index (χ0n) is 7.88. The van der Waals surface area contributed by atoms with Crippen molar-refractivity contribution in [2.75, 3.05) is 0 Å². The number of aliphatic carboxylic acids is 1. The van der Waals surface area contributed by atoms with Crippen LogP contribution in [0.3, 0.4) is 0 Å². The number of carboxylic acids is 1. The molecule has 78 valence electrons.